The highest BCUT2D eigenvalue weighted by Gasteiger charge is 2.12. The molecule has 0 radical (unpaired) electrons. The smallest absolute Gasteiger partial charge is 0.344 e. The zero-order chi connectivity index (χ0) is 15.0. The van der Waals surface area contributed by atoms with Crippen LogP contribution in [0.25, 0.3) is 21.7 Å². The van der Waals surface area contributed by atoms with Gasteiger partial charge in [-0.05, 0) is 49.1 Å². The molecule has 0 saturated carbocycles. The van der Waals surface area contributed by atoms with Gasteiger partial charge in [-0.1, -0.05) is 12.1 Å². The molecule has 4 nitrogen and oxygen atoms in total. The summed E-state index contributed by atoms with van der Waals surface area (Å²) in [6.45, 7) is 1.96. The molecule has 1 heterocycles. The lowest BCUT2D eigenvalue weighted by Crippen LogP contribution is -2.01. The van der Waals surface area contributed by atoms with Gasteiger partial charge < -0.3 is 14.6 Å². The molecule has 0 bridgehead atoms. The van der Waals surface area contributed by atoms with E-state index < -0.39 is 5.63 Å². The number of phenolic OH excluding ortho intramolecular Hbond substituents is 1. The van der Waals surface area contributed by atoms with E-state index in [9.17, 15) is 9.90 Å². The highest BCUT2D eigenvalue weighted by Crippen LogP contribution is 2.32. The first kappa shape index (κ1) is 13.6. The number of aryl methyl sites for hydroxylation is 2. The van der Waals surface area contributed by atoms with E-state index in [0.29, 0.717) is 28.2 Å². The van der Waals surface area contributed by atoms with Gasteiger partial charge in [0.2, 0.25) is 0 Å². The second-order valence-corrected chi connectivity index (χ2v) is 5.25. The Morgan fingerprint density at radius 2 is 1.95 bits per heavy atom. The van der Waals surface area contributed by atoms with Crippen LogP contribution in [0.15, 0.2) is 39.5 Å². The number of aliphatic hydroxyl groups is 1. The molecule has 0 aliphatic heterocycles. The van der Waals surface area contributed by atoms with Crippen molar-refractivity contribution in [2.24, 2.45) is 0 Å². The Balaban J connectivity index is 2.36. The van der Waals surface area contributed by atoms with E-state index in [1.54, 1.807) is 18.2 Å². The molecule has 3 rings (SSSR count). The fourth-order valence-corrected chi connectivity index (χ4v) is 2.66. The zero-order valence-electron chi connectivity index (χ0n) is 11.7. The number of hydrogen-bond acceptors (Lipinski definition) is 4. The molecule has 0 aliphatic rings. The molecule has 0 amide bonds. The Hall–Kier alpha value is -2.33. The van der Waals surface area contributed by atoms with Gasteiger partial charge in [0.25, 0.3) is 0 Å². The molecule has 108 valence electrons. The van der Waals surface area contributed by atoms with Crippen LogP contribution in [-0.2, 0) is 6.42 Å². The van der Waals surface area contributed by atoms with Crippen molar-refractivity contribution in [3.05, 3.63) is 51.9 Å². The van der Waals surface area contributed by atoms with Crippen molar-refractivity contribution >= 4 is 21.7 Å². The molecule has 3 aromatic rings. The second-order valence-electron chi connectivity index (χ2n) is 5.25. The van der Waals surface area contributed by atoms with Crippen LogP contribution in [0.3, 0.4) is 0 Å². The number of benzene rings is 2. The average molecular weight is 284 g/mol. The lowest BCUT2D eigenvalue weighted by Gasteiger charge is -2.08. The van der Waals surface area contributed by atoms with Gasteiger partial charge in [0, 0.05) is 12.0 Å². The molecule has 0 atom stereocenters. The van der Waals surface area contributed by atoms with Crippen molar-refractivity contribution in [2.75, 3.05) is 6.61 Å². The molecule has 0 unspecified atom stereocenters. The lowest BCUT2D eigenvalue weighted by molar-refractivity contribution is 0.288. The van der Waals surface area contributed by atoms with Gasteiger partial charge in [-0.3, -0.25) is 0 Å². The zero-order valence-corrected chi connectivity index (χ0v) is 11.7. The summed E-state index contributed by atoms with van der Waals surface area (Å²) >= 11 is 0. The third-order valence-corrected chi connectivity index (χ3v) is 3.63. The maximum atomic E-state index is 12.1. The van der Waals surface area contributed by atoms with E-state index in [4.69, 9.17) is 9.52 Å². The third kappa shape index (κ3) is 2.38. The van der Waals surface area contributed by atoms with Crippen molar-refractivity contribution < 1.29 is 14.6 Å². The van der Waals surface area contributed by atoms with E-state index in [-0.39, 0.29) is 12.4 Å². The third-order valence-electron chi connectivity index (χ3n) is 3.63. The number of hydrogen-bond donors (Lipinski definition) is 2. The summed E-state index contributed by atoms with van der Waals surface area (Å²) in [5, 5.41) is 20.8. The molecule has 0 saturated heterocycles. The molecule has 0 spiro atoms. The summed E-state index contributed by atoms with van der Waals surface area (Å²) in [6, 6.07) is 8.86. The average Bonchev–Trinajstić information content (AvgIpc) is 2.44. The van der Waals surface area contributed by atoms with Gasteiger partial charge in [-0.2, -0.15) is 0 Å². The van der Waals surface area contributed by atoms with Crippen LogP contribution in [0.2, 0.25) is 0 Å². The molecule has 4 heteroatoms. The van der Waals surface area contributed by atoms with Gasteiger partial charge >= 0.3 is 5.63 Å². The van der Waals surface area contributed by atoms with E-state index in [1.165, 1.54) is 0 Å². The van der Waals surface area contributed by atoms with Crippen LogP contribution in [0, 0.1) is 6.92 Å². The van der Waals surface area contributed by atoms with Crippen molar-refractivity contribution in [1.29, 1.82) is 0 Å². The molecule has 2 N–H and O–H groups in total. The molecule has 21 heavy (non-hydrogen) atoms. The fraction of sp³-hybridized carbons (Fsp3) is 0.235. The molecule has 0 aliphatic carbocycles. The molecular formula is C17H16O4. The first-order valence-electron chi connectivity index (χ1n) is 6.90. The first-order valence-corrected chi connectivity index (χ1v) is 6.90. The van der Waals surface area contributed by atoms with E-state index in [2.05, 4.69) is 0 Å². The predicted octanol–water partition coefficient (Wildman–Crippen LogP) is 2.89. The first-order chi connectivity index (χ1) is 10.1. The van der Waals surface area contributed by atoms with E-state index >= 15 is 0 Å². The maximum Gasteiger partial charge on any atom is 0.344 e. The van der Waals surface area contributed by atoms with E-state index in [0.717, 1.165) is 17.5 Å². The Labute approximate surface area is 121 Å². The second kappa shape index (κ2) is 5.22. The summed E-state index contributed by atoms with van der Waals surface area (Å²) in [6.07, 6.45) is 1.39. The van der Waals surface area contributed by atoms with Crippen LogP contribution < -0.4 is 5.63 Å². The van der Waals surface area contributed by atoms with Crippen LogP contribution in [0.5, 0.6) is 5.75 Å². The summed E-state index contributed by atoms with van der Waals surface area (Å²) in [4.78, 5) is 12.1. The van der Waals surface area contributed by atoms with Crippen molar-refractivity contribution in [3.63, 3.8) is 0 Å². The predicted molar refractivity (Wildman–Crippen MR) is 81.8 cm³/mol. The standard InChI is InChI=1S/C17H16O4/c1-10-7-14(19)16-13-9-11(3-2-6-18)4-5-12(13)17(20)21-15(16)8-10/h4-5,7-9,18-19H,2-3,6H2,1H3. The Morgan fingerprint density at radius 3 is 2.71 bits per heavy atom. The van der Waals surface area contributed by atoms with Gasteiger partial charge in [0.05, 0.1) is 10.8 Å². The van der Waals surface area contributed by atoms with E-state index in [1.807, 2.05) is 19.1 Å². The number of phenols is 1. The Bertz CT molecular complexity index is 877. The lowest BCUT2D eigenvalue weighted by atomic mass is 10.0. The Kier molecular flexibility index (Phi) is 3.39. The SMILES string of the molecule is Cc1cc(O)c2c(c1)oc(=O)c1ccc(CCCO)cc12. The molecule has 0 fully saturated rings. The van der Waals surface area contributed by atoms with Gasteiger partial charge in [0.1, 0.15) is 11.3 Å². The summed E-state index contributed by atoms with van der Waals surface area (Å²) < 4.78 is 5.30. The molecule has 1 aromatic heterocycles. The van der Waals surface area contributed by atoms with Gasteiger partial charge in [0.15, 0.2) is 0 Å². The number of aliphatic hydroxyl groups excluding tert-OH is 1. The van der Waals surface area contributed by atoms with Crippen molar-refractivity contribution in [3.8, 4) is 5.75 Å². The molecular weight excluding hydrogens is 268 g/mol. The van der Waals surface area contributed by atoms with Crippen molar-refractivity contribution in [1.82, 2.24) is 0 Å². The summed E-state index contributed by atoms with van der Waals surface area (Å²) in [5.41, 5.74) is 1.84. The minimum absolute atomic E-state index is 0.109. The maximum absolute atomic E-state index is 12.1. The topological polar surface area (TPSA) is 70.7 Å². The quantitative estimate of drug-likeness (QED) is 0.573. The van der Waals surface area contributed by atoms with Crippen LogP contribution in [0.4, 0.5) is 0 Å². The van der Waals surface area contributed by atoms with Crippen LogP contribution >= 0.6 is 0 Å². The van der Waals surface area contributed by atoms with Crippen molar-refractivity contribution in [2.45, 2.75) is 19.8 Å². The van der Waals surface area contributed by atoms with Crippen LogP contribution in [-0.4, -0.2) is 16.8 Å². The number of fused-ring (bicyclic) bond motifs is 3. The summed E-state index contributed by atoms with van der Waals surface area (Å²) in [7, 11) is 0. The minimum Gasteiger partial charge on any atom is -0.507 e. The Morgan fingerprint density at radius 1 is 1.14 bits per heavy atom. The fourth-order valence-electron chi connectivity index (χ4n) is 2.66. The monoisotopic (exact) mass is 284 g/mol. The highest BCUT2D eigenvalue weighted by atomic mass is 16.4. The normalized spacial score (nSPS) is 11.3. The highest BCUT2D eigenvalue weighted by molar-refractivity contribution is 6.07. The largest absolute Gasteiger partial charge is 0.507 e. The number of rotatable bonds is 3. The number of aromatic hydroxyl groups is 1. The van der Waals surface area contributed by atoms with Gasteiger partial charge in [-0.25, -0.2) is 4.79 Å². The molecule has 2 aromatic carbocycles. The van der Waals surface area contributed by atoms with Gasteiger partial charge in [-0.15, -0.1) is 0 Å². The van der Waals surface area contributed by atoms with Crippen LogP contribution in [0.1, 0.15) is 17.5 Å². The summed E-state index contributed by atoms with van der Waals surface area (Å²) in [5.74, 6) is 0.109. The minimum atomic E-state index is -0.406.